The number of rotatable bonds is 15. The van der Waals surface area contributed by atoms with Gasteiger partial charge in [0.2, 0.25) is 0 Å². The molecule has 26 heavy (non-hydrogen) atoms. The molecular formula is C22H39N3O. The third-order valence-corrected chi connectivity index (χ3v) is 5.51. The van der Waals surface area contributed by atoms with Gasteiger partial charge in [0.25, 0.3) is 0 Å². The standard InChI is InChI=1S/C22H39N3O/c1-2-3-4-5-6-7-8-9-10-11-12-13-14-15-18-25-19-20-16-17-23-21(20)24-22(25)26/h19H,2-18H2,1H3,(H,23,24,26). The van der Waals surface area contributed by atoms with Crippen LogP contribution in [0.15, 0.2) is 11.0 Å². The van der Waals surface area contributed by atoms with Gasteiger partial charge in [0.15, 0.2) is 0 Å². The Labute approximate surface area is 159 Å². The second-order valence-corrected chi connectivity index (χ2v) is 7.86. The lowest BCUT2D eigenvalue weighted by atomic mass is 10.0. The van der Waals surface area contributed by atoms with Crippen molar-refractivity contribution in [3.05, 3.63) is 22.2 Å². The zero-order chi connectivity index (χ0) is 18.5. The number of nitrogens with one attached hydrogen (secondary N) is 1. The maximum absolute atomic E-state index is 12.0. The van der Waals surface area contributed by atoms with Crippen LogP contribution in [0.25, 0.3) is 0 Å². The summed E-state index contributed by atoms with van der Waals surface area (Å²) in [5.41, 5.74) is 1.09. The van der Waals surface area contributed by atoms with E-state index in [1.165, 1.54) is 89.0 Å². The summed E-state index contributed by atoms with van der Waals surface area (Å²) in [4.78, 5) is 16.1. The zero-order valence-electron chi connectivity index (χ0n) is 16.9. The Morgan fingerprint density at radius 2 is 1.42 bits per heavy atom. The normalized spacial score (nSPS) is 13.0. The lowest BCUT2D eigenvalue weighted by Crippen LogP contribution is -2.23. The van der Waals surface area contributed by atoms with Crippen molar-refractivity contribution in [3.63, 3.8) is 0 Å². The predicted octanol–water partition coefficient (Wildman–Crippen LogP) is 5.69. The van der Waals surface area contributed by atoms with Crippen molar-refractivity contribution in [2.24, 2.45) is 0 Å². The minimum absolute atomic E-state index is 0.104. The van der Waals surface area contributed by atoms with Crippen molar-refractivity contribution in [2.75, 3.05) is 11.9 Å². The van der Waals surface area contributed by atoms with Crippen LogP contribution in [0, 0.1) is 0 Å². The second-order valence-electron chi connectivity index (χ2n) is 7.86. The number of nitrogens with zero attached hydrogens (tertiary/aromatic N) is 2. The first-order chi connectivity index (χ1) is 12.8. The number of hydrogen-bond donors (Lipinski definition) is 1. The van der Waals surface area contributed by atoms with E-state index in [-0.39, 0.29) is 5.69 Å². The number of hydrogen-bond acceptors (Lipinski definition) is 3. The monoisotopic (exact) mass is 361 g/mol. The molecule has 1 aromatic heterocycles. The van der Waals surface area contributed by atoms with Gasteiger partial charge < -0.3 is 5.32 Å². The molecule has 4 heteroatoms. The minimum Gasteiger partial charge on any atom is -0.369 e. The molecule has 0 saturated carbocycles. The Hall–Kier alpha value is -1.32. The summed E-state index contributed by atoms with van der Waals surface area (Å²) in [7, 11) is 0. The molecule has 0 saturated heterocycles. The van der Waals surface area contributed by atoms with E-state index in [0.717, 1.165) is 31.7 Å². The molecule has 148 valence electrons. The number of unbranched alkanes of at least 4 members (excludes halogenated alkanes) is 13. The zero-order valence-corrected chi connectivity index (χ0v) is 16.9. The van der Waals surface area contributed by atoms with E-state index in [9.17, 15) is 4.79 Å². The fourth-order valence-electron chi connectivity index (χ4n) is 3.82. The fraction of sp³-hybridized carbons (Fsp3) is 0.818. The highest BCUT2D eigenvalue weighted by molar-refractivity contribution is 5.47. The van der Waals surface area contributed by atoms with Crippen LogP contribution < -0.4 is 11.0 Å². The van der Waals surface area contributed by atoms with Crippen LogP contribution in [0.3, 0.4) is 0 Å². The summed E-state index contributed by atoms with van der Waals surface area (Å²) >= 11 is 0. The number of fused-ring (bicyclic) bond motifs is 1. The molecule has 1 N–H and O–H groups in total. The molecule has 0 bridgehead atoms. The maximum atomic E-state index is 12.0. The van der Waals surface area contributed by atoms with Gasteiger partial charge in [-0.15, -0.1) is 0 Å². The van der Waals surface area contributed by atoms with E-state index in [0.29, 0.717) is 0 Å². The molecule has 0 atom stereocenters. The molecule has 0 unspecified atom stereocenters. The highest BCUT2D eigenvalue weighted by Crippen LogP contribution is 2.17. The summed E-state index contributed by atoms with van der Waals surface area (Å²) in [6.07, 6.45) is 22.1. The molecular weight excluding hydrogens is 322 g/mol. The van der Waals surface area contributed by atoms with Crippen molar-refractivity contribution in [2.45, 2.75) is 110 Å². The molecule has 0 fully saturated rings. The average Bonchev–Trinajstić information content (AvgIpc) is 3.09. The summed E-state index contributed by atoms with van der Waals surface area (Å²) in [5, 5.41) is 3.16. The van der Waals surface area contributed by atoms with Gasteiger partial charge in [0.05, 0.1) is 0 Å². The van der Waals surface area contributed by atoms with E-state index in [1.807, 2.05) is 6.20 Å². The van der Waals surface area contributed by atoms with Gasteiger partial charge >= 0.3 is 5.69 Å². The van der Waals surface area contributed by atoms with Crippen LogP contribution in [0.5, 0.6) is 0 Å². The van der Waals surface area contributed by atoms with Gasteiger partial charge in [-0.05, 0) is 12.8 Å². The van der Waals surface area contributed by atoms with Crippen LogP contribution in [0.4, 0.5) is 5.82 Å². The third kappa shape index (κ3) is 7.92. The second kappa shape index (κ2) is 12.9. The predicted molar refractivity (Wildman–Crippen MR) is 111 cm³/mol. The summed E-state index contributed by atoms with van der Waals surface area (Å²) in [6.45, 7) is 4.00. The first kappa shape index (κ1) is 21.0. The molecule has 2 heterocycles. The average molecular weight is 362 g/mol. The van der Waals surface area contributed by atoms with E-state index < -0.39 is 0 Å². The Morgan fingerprint density at radius 3 is 2.00 bits per heavy atom. The van der Waals surface area contributed by atoms with E-state index in [1.54, 1.807) is 4.57 Å². The summed E-state index contributed by atoms with van der Waals surface area (Å²) in [5.74, 6) is 0.798. The first-order valence-corrected chi connectivity index (χ1v) is 11.2. The molecule has 0 aliphatic carbocycles. The molecule has 1 aromatic rings. The molecule has 0 spiro atoms. The van der Waals surface area contributed by atoms with Gasteiger partial charge in [-0.3, -0.25) is 4.57 Å². The number of aromatic nitrogens is 2. The van der Waals surface area contributed by atoms with E-state index >= 15 is 0 Å². The Bertz CT molecular complexity index is 553. The largest absolute Gasteiger partial charge is 0.369 e. The van der Waals surface area contributed by atoms with Gasteiger partial charge in [-0.1, -0.05) is 90.4 Å². The van der Waals surface area contributed by atoms with Crippen LogP contribution in [0.1, 0.15) is 102 Å². The van der Waals surface area contributed by atoms with Gasteiger partial charge in [-0.25, -0.2) is 4.79 Å². The molecule has 1 aliphatic rings. The van der Waals surface area contributed by atoms with Crippen molar-refractivity contribution >= 4 is 5.82 Å². The number of anilines is 1. The van der Waals surface area contributed by atoms with Gasteiger partial charge in [-0.2, -0.15) is 4.98 Å². The molecule has 2 rings (SSSR count). The topological polar surface area (TPSA) is 46.9 Å². The van der Waals surface area contributed by atoms with Crippen molar-refractivity contribution in [1.82, 2.24) is 9.55 Å². The van der Waals surface area contributed by atoms with Crippen LogP contribution >= 0.6 is 0 Å². The quantitative estimate of drug-likeness (QED) is 0.408. The van der Waals surface area contributed by atoms with Gasteiger partial charge in [0, 0.05) is 24.8 Å². The Morgan fingerprint density at radius 1 is 0.885 bits per heavy atom. The highest BCUT2D eigenvalue weighted by atomic mass is 16.1. The van der Waals surface area contributed by atoms with Crippen LogP contribution in [-0.2, 0) is 13.0 Å². The lowest BCUT2D eigenvalue weighted by Gasteiger charge is -2.07. The Balaban J connectivity index is 1.40. The first-order valence-electron chi connectivity index (χ1n) is 11.2. The van der Waals surface area contributed by atoms with Crippen LogP contribution in [0.2, 0.25) is 0 Å². The Kier molecular flexibility index (Phi) is 10.4. The van der Waals surface area contributed by atoms with Crippen LogP contribution in [-0.4, -0.2) is 16.1 Å². The van der Waals surface area contributed by atoms with E-state index in [4.69, 9.17) is 0 Å². The van der Waals surface area contributed by atoms with Crippen molar-refractivity contribution in [3.8, 4) is 0 Å². The summed E-state index contributed by atoms with van der Waals surface area (Å²) < 4.78 is 1.80. The van der Waals surface area contributed by atoms with Crippen molar-refractivity contribution < 1.29 is 0 Å². The highest BCUT2D eigenvalue weighted by Gasteiger charge is 2.13. The number of aryl methyl sites for hydroxylation is 1. The smallest absolute Gasteiger partial charge is 0.349 e. The SMILES string of the molecule is CCCCCCCCCCCCCCCCn1cc2c(nc1=O)NCC2. The van der Waals surface area contributed by atoms with E-state index in [2.05, 4.69) is 17.2 Å². The van der Waals surface area contributed by atoms with Crippen molar-refractivity contribution in [1.29, 1.82) is 0 Å². The summed E-state index contributed by atoms with van der Waals surface area (Å²) in [6, 6.07) is 0. The molecule has 1 aliphatic heterocycles. The maximum Gasteiger partial charge on any atom is 0.349 e. The molecule has 0 aromatic carbocycles. The third-order valence-electron chi connectivity index (χ3n) is 5.51. The lowest BCUT2D eigenvalue weighted by molar-refractivity contribution is 0.518. The molecule has 0 amide bonds. The van der Waals surface area contributed by atoms with Gasteiger partial charge in [0.1, 0.15) is 5.82 Å². The molecule has 0 radical (unpaired) electrons. The fourth-order valence-corrected chi connectivity index (χ4v) is 3.82. The minimum atomic E-state index is -0.104. The molecule has 4 nitrogen and oxygen atoms in total.